The number of piperidine rings is 1. The van der Waals surface area contributed by atoms with Crippen LogP contribution in [0.25, 0.3) is 0 Å². The molecule has 1 aliphatic rings. The van der Waals surface area contributed by atoms with Crippen LogP contribution in [0.15, 0.2) is 41.0 Å². The van der Waals surface area contributed by atoms with Crippen molar-refractivity contribution in [3.63, 3.8) is 0 Å². The van der Waals surface area contributed by atoms with Gasteiger partial charge in [0.05, 0.1) is 6.26 Å². The van der Waals surface area contributed by atoms with Crippen LogP contribution in [0.3, 0.4) is 0 Å². The standard InChI is InChI=1S/C23H30N2O4/c1-15(2)20-8-7-19(14-16(20)3)29-17(4)22(26)24-18-9-11-25(12-10-18)23(27)21-6-5-13-28-21/h5-8,13-15,17-18H,9-12H2,1-4H3,(H,24,26)/t17-/m1/s1. The Labute approximate surface area is 172 Å². The molecule has 0 radical (unpaired) electrons. The Morgan fingerprint density at radius 2 is 1.90 bits per heavy atom. The minimum absolute atomic E-state index is 0.0410. The van der Waals surface area contributed by atoms with Crippen molar-refractivity contribution in [2.45, 2.75) is 58.6 Å². The minimum Gasteiger partial charge on any atom is -0.481 e. The van der Waals surface area contributed by atoms with Crippen molar-refractivity contribution in [2.75, 3.05) is 13.1 Å². The van der Waals surface area contributed by atoms with E-state index in [4.69, 9.17) is 9.15 Å². The lowest BCUT2D eigenvalue weighted by molar-refractivity contribution is -0.128. The number of amides is 2. The summed E-state index contributed by atoms with van der Waals surface area (Å²) in [6.07, 6.45) is 2.35. The van der Waals surface area contributed by atoms with E-state index in [9.17, 15) is 9.59 Å². The predicted molar refractivity (Wildman–Crippen MR) is 111 cm³/mol. The molecular weight excluding hydrogens is 368 g/mol. The molecule has 6 nitrogen and oxygen atoms in total. The number of nitrogens with zero attached hydrogens (tertiary/aromatic N) is 1. The first-order valence-corrected chi connectivity index (χ1v) is 10.3. The first-order valence-electron chi connectivity index (χ1n) is 10.3. The molecule has 1 aromatic heterocycles. The van der Waals surface area contributed by atoms with Gasteiger partial charge < -0.3 is 19.4 Å². The fraction of sp³-hybridized carbons (Fsp3) is 0.478. The Bertz CT molecular complexity index is 837. The van der Waals surface area contributed by atoms with Gasteiger partial charge in [-0.1, -0.05) is 19.9 Å². The van der Waals surface area contributed by atoms with Gasteiger partial charge in [-0.25, -0.2) is 0 Å². The first kappa shape index (κ1) is 21.0. The molecule has 2 aromatic rings. The summed E-state index contributed by atoms with van der Waals surface area (Å²) >= 11 is 0. The molecule has 2 amide bonds. The molecule has 6 heteroatoms. The number of hydrogen-bond donors (Lipinski definition) is 1. The Hall–Kier alpha value is -2.76. The number of carbonyl (C=O) groups excluding carboxylic acids is 2. The van der Waals surface area contributed by atoms with Crippen LogP contribution in [0.2, 0.25) is 0 Å². The van der Waals surface area contributed by atoms with E-state index in [-0.39, 0.29) is 17.9 Å². The van der Waals surface area contributed by atoms with Gasteiger partial charge in [-0.05, 0) is 68.0 Å². The quantitative estimate of drug-likeness (QED) is 0.801. The van der Waals surface area contributed by atoms with E-state index in [0.29, 0.717) is 43.4 Å². The summed E-state index contributed by atoms with van der Waals surface area (Å²) in [6, 6.07) is 9.39. The summed E-state index contributed by atoms with van der Waals surface area (Å²) in [5.74, 6) is 1.28. The van der Waals surface area contributed by atoms with Crippen molar-refractivity contribution >= 4 is 11.8 Å². The number of carbonyl (C=O) groups is 2. The number of nitrogens with one attached hydrogen (secondary N) is 1. The smallest absolute Gasteiger partial charge is 0.289 e. The van der Waals surface area contributed by atoms with Gasteiger partial charge in [-0.15, -0.1) is 0 Å². The monoisotopic (exact) mass is 398 g/mol. The zero-order valence-electron chi connectivity index (χ0n) is 17.6. The van der Waals surface area contributed by atoms with Crippen LogP contribution < -0.4 is 10.1 Å². The maximum Gasteiger partial charge on any atom is 0.289 e. The van der Waals surface area contributed by atoms with Gasteiger partial charge in [0.1, 0.15) is 5.75 Å². The van der Waals surface area contributed by atoms with E-state index in [2.05, 4.69) is 32.2 Å². The molecule has 156 valence electrons. The second-order valence-electron chi connectivity index (χ2n) is 7.99. The van der Waals surface area contributed by atoms with Gasteiger partial charge in [-0.3, -0.25) is 9.59 Å². The van der Waals surface area contributed by atoms with Crippen LogP contribution >= 0.6 is 0 Å². The van der Waals surface area contributed by atoms with E-state index >= 15 is 0 Å². The summed E-state index contributed by atoms with van der Waals surface area (Å²) in [5.41, 5.74) is 2.45. The Morgan fingerprint density at radius 3 is 2.48 bits per heavy atom. The van der Waals surface area contributed by atoms with E-state index in [1.807, 2.05) is 12.1 Å². The van der Waals surface area contributed by atoms with Crippen molar-refractivity contribution < 1.29 is 18.7 Å². The lowest BCUT2D eigenvalue weighted by Gasteiger charge is -2.32. The van der Waals surface area contributed by atoms with E-state index in [0.717, 1.165) is 0 Å². The van der Waals surface area contributed by atoms with Crippen molar-refractivity contribution in [2.24, 2.45) is 0 Å². The topological polar surface area (TPSA) is 71.8 Å². The fourth-order valence-corrected chi connectivity index (χ4v) is 3.73. The zero-order chi connectivity index (χ0) is 21.0. The van der Waals surface area contributed by atoms with Crippen molar-refractivity contribution in [1.82, 2.24) is 10.2 Å². The van der Waals surface area contributed by atoms with Crippen LogP contribution in [0.1, 0.15) is 61.2 Å². The maximum absolute atomic E-state index is 12.5. The molecule has 0 aliphatic carbocycles. The second kappa shape index (κ2) is 9.16. The molecule has 2 heterocycles. The minimum atomic E-state index is -0.581. The molecule has 0 bridgehead atoms. The summed E-state index contributed by atoms with van der Waals surface area (Å²) < 4.78 is 11.0. The number of likely N-dealkylation sites (tertiary alicyclic amines) is 1. The molecule has 1 fully saturated rings. The molecule has 0 saturated carbocycles. The van der Waals surface area contributed by atoms with Crippen molar-refractivity contribution in [3.8, 4) is 5.75 Å². The molecule has 3 rings (SSSR count). The molecule has 1 saturated heterocycles. The fourth-order valence-electron chi connectivity index (χ4n) is 3.73. The number of benzene rings is 1. The highest BCUT2D eigenvalue weighted by molar-refractivity contribution is 5.91. The average molecular weight is 399 g/mol. The number of ether oxygens (including phenoxy) is 1. The highest BCUT2D eigenvalue weighted by Crippen LogP contribution is 2.24. The molecule has 29 heavy (non-hydrogen) atoms. The van der Waals surface area contributed by atoms with Crippen molar-refractivity contribution in [3.05, 3.63) is 53.5 Å². The summed E-state index contributed by atoms with van der Waals surface area (Å²) in [6.45, 7) is 9.32. The Balaban J connectivity index is 1.48. The molecule has 1 N–H and O–H groups in total. The van der Waals surface area contributed by atoms with Crippen LogP contribution in [0, 0.1) is 6.92 Å². The summed E-state index contributed by atoms with van der Waals surface area (Å²) in [4.78, 5) is 26.6. The van der Waals surface area contributed by atoms with Crippen LogP contribution in [0.4, 0.5) is 0 Å². The third-order valence-corrected chi connectivity index (χ3v) is 5.41. The molecule has 1 aromatic carbocycles. The van der Waals surface area contributed by atoms with E-state index in [1.165, 1.54) is 17.4 Å². The lowest BCUT2D eigenvalue weighted by Crippen LogP contribution is -2.49. The number of furan rings is 1. The first-order chi connectivity index (χ1) is 13.8. The predicted octanol–water partition coefficient (Wildman–Crippen LogP) is 3.90. The lowest BCUT2D eigenvalue weighted by atomic mass is 9.98. The molecule has 0 spiro atoms. The van der Waals surface area contributed by atoms with Gasteiger partial charge in [-0.2, -0.15) is 0 Å². The van der Waals surface area contributed by atoms with Gasteiger partial charge in [0.25, 0.3) is 11.8 Å². The van der Waals surface area contributed by atoms with E-state index < -0.39 is 6.10 Å². The van der Waals surface area contributed by atoms with Crippen LogP contribution in [-0.4, -0.2) is 41.9 Å². The summed E-state index contributed by atoms with van der Waals surface area (Å²) in [7, 11) is 0. The highest BCUT2D eigenvalue weighted by atomic mass is 16.5. The van der Waals surface area contributed by atoms with Crippen LogP contribution in [-0.2, 0) is 4.79 Å². The van der Waals surface area contributed by atoms with Gasteiger partial charge in [0.2, 0.25) is 0 Å². The average Bonchev–Trinajstić information content (AvgIpc) is 3.22. The second-order valence-corrected chi connectivity index (χ2v) is 7.99. The third-order valence-electron chi connectivity index (χ3n) is 5.41. The van der Waals surface area contributed by atoms with Gasteiger partial charge in [0, 0.05) is 19.1 Å². The Morgan fingerprint density at radius 1 is 1.17 bits per heavy atom. The zero-order valence-corrected chi connectivity index (χ0v) is 17.6. The maximum atomic E-state index is 12.5. The summed E-state index contributed by atoms with van der Waals surface area (Å²) in [5, 5.41) is 3.05. The van der Waals surface area contributed by atoms with Gasteiger partial charge in [0.15, 0.2) is 11.9 Å². The number of rotatable bonds is 6. The van der Waals surface area contributed by atoms with Crippen molar-refractivity contribution in [1.29, 1.82) is 0 Å². The largest absolute Gasteiger partial charge is 0.481 e. The molecular formula is C23H30N2O4. The molecule has 0 unspecified atom stereocenters. The third kappa shape index (κ3) is 5.19. The van der Waals surface area contributed by atoms with Gasteiger partial charge >= 0.3 is 0 Å². The number of aryl methyl sites for hydroxylation is 1. The molecule has 1 aliphatic heterocycles. The molecule has 1 atom stereocenters. The van der Waals surface area contributed by atoms with Crippen LogP contribution in [0.5, 0.6) is 5.75 Å². The highest BCUT2D eigenvalue weighted by Gasteiger charge is 2.27. The number of hydrogen-bond acceptors (Lipinski definition) is 4. The van der Waals surface area contributed by atoms with E-state index in [1.54, 1.807) is 24.0 Å². The normalized spacial score (nSPS) is 16.0. The SMILES string of the molecule is Cc1cc(O[C@H](C)C(=O)NC2CCN(C(=O)c3ccco3)CC2)ccc1C(C)C. The Kier molecular flexibility index (Phi) is 6.62.